The van der Waals surface area contributed by atoms with Gasteiger partial charge in [0.25, 0.3) is 0 Å². The molecule has 2 heteroatoms. The number of hydrogen-bond donors (Lipinski definition) is 1. The van der Waals surface area contributed by atoms with Gasteiger partial charge in [-0.1, -0.05) is 6.42 Å². The first kappa shape index (κ1) is 7.56. The molecule has 2 rings (SSSR count). The van der Waals surface area contributed by atoms with Crippen LogP contribution >= 0.6 is 0 Å². The maximum absolute atomic E-state index is 6.30. The van der Waals surface area contributed by atoms with Crippen molar-refractivity contribution >= 4 is 0 Å². The van der Waals surface area contributed by atoms with E-state index in [1.165, 1.54) is 19.3 Å². The minimum atomic E-state index is 0.175. The number of fused-ring (bicyclic) bond motifs is 1. The smallest absolute Gasteiger partial charge is 0.0326 e. The molecule has 2 N–H and O–H groups in total. The Morgan fingerprint density at radius 1 is 1.55 bits per heavy atom. The third-order valence-electron chi connectivity index (χ3n) is 3.72. The van der Waals surface area contributed by atoms with E-state index in [4.69, 9.17) is 5.73 Å². The number of nitrogens with two attached hydrogens (primary N) is 1. The molecule has 0 unspecified atom stereocenters. The van der Waals surface area contributed by atoms with Crippen molar-refractivity contribution in [2.45, 2.75) is 37.8 Å². The normalized spacial score (nSPS) is 51.5. The zero-order chi connectivity index (χ0) is 8.06. The zero-order valence-electron chi connectivity index (χ0n) is 7.51. The Balaban J connectivity index is 2.21. The Hall–Kier alpha value is -0.0800. The van der Waals surface area contributed by atoms with E-state index in [1.54, 1.807) is 0 Å². The average molecular weight is 154 g/mol. The summed E-state index contributed by atoms with van der Waals surface area (Å²) in [5, 5.41) is 0. The fraction of sp³-hybridized carbons (Fsp3) is 1.00. The molecule has 0 radical (unpaired) electrons. The van der Waals surface area contributed by atoms with E-state index in [1.807, 2.05) is 0 Å². The lowest BCUT2D eigenvalue weighted by Crippen LogP contribution is -2.44. The number of likely N-dealkylation sites (tertiary alicyclic amines) is 1. The molecule has 1 saturated carbocycles. The van der Waals surface area contributed by atoms with Gasteiger partial charge >= 0.3 is 0 Å². The van der Waals surface area contributed by atoms with Gasteiger partial charge in [0.2, 0.25) is 0 Å². The highest BCUT2D eigenvalue weighted by atomic mass is 15.2. The molecule has 0 aromatic carbocycles. The zero-order valence-corrected chi connectivity index (χ0v) is 7.51. The van der Waals surface area contributed by atoms with Crippen molar-refractivity contribution in [2.75, 3.05) is 13.6 Å². The first-order chi connectivity index (χ1) is 5.13. The third-order valence-corrected chi connectivity index (χ3v) is 3.72. The fourth-order valence-electron chi connectivity index (χ4n) is 2.96. The van der Waals surface area contributed by atoms with Gasteiger partial charge in [-0.05, 0) is 32.7 Å². The van der Waals surface area contributed by atoms with E-state index in [-0.39, 0.29) is 5.54 Å². The average Bonchev–Trinajstić information content (AvgIpc) is 2.36. The summed E-state index contributed by atoms with van der Waals surface area (Å²) < 4.78 is 0. The van der Waals surface area contributed by atoms with Crippen molar-refractivity contribution in [3.05, 3.63) is 0 Å². The van der Waals surface area contributed by atoms with Gasteiger partial charge in [-0.3, -0.25) is 0 Å². The Morgan fingerprint density at radius 2 is 2.27 bits per heavy atom. The summed E-state index contributed by atoms with van der Waals surface area (Å²) in [7, 11) is 2.19. The van der Waals surface area contributed by atoms with Gasteiger partial charge in [-0.25, -0.2) is 0 Å². The topological polar surface area (TPSA) is 29.3 Å². The Morgan fingerprint density at radius 3 is 2.91 bits per heavy atom. The minimum absolute atomic E-state index is 0.175. The third kappa shape index (κ3) is 0.926. The van der Waals surface area contributed by atoms with E-state index in [2.05, 4.69) is 18.9 Å². The molecule has 0 aromatic heterocycles. The van der Waals surface area contributed by atoms with Crippen molar-refractivity contribution in [3.63, 3.8) is 0 Å². The first-order valence-electron chi connectivity index (χ1n) is 4.63. The van der Waals surface area contributed by atoms with Crippen LogP contribution in [0.5, 0.6) is 0 Å². The molecule has 1 saturated heterocycles. The van der Waals surface area contributed by atoms with Crippen LogP contribution in [0.15, 0.2) is 0 Å². The maximum atomic E-state index is 6.30. The van der Waals surface area contributed by atoms with Crippen molar-refractivity contribution in [2.24, 2.45) is 11.7 Å². The highest BCUT2D eigenvalue weighted by molar-refractivity contribution is 5.07. The van der Waals surface area contributed by atoms with Crippen molar-refractivity contribution < 1.29 is 0 Å². The number of likely N-dealkylation sites (N-methyl/N-ethyl adjacent to an activating group) is 1. The van der Waals surface area contributed by atoms with E-state index in [0.717, 1.165) is 12.5 Å². The van der Waals surface area contributed by atoms with Crippen LogP contribution in [0.2, 0.25) is 0 Å². The predicted molar refractivity (Wildman–Crippen MR) is 46.4 cm³/mol. The predicted octanol–water partition coefficient (Wildman–Crippen LogP) is 0.818. The molecule has 1 aliphatic carbocycles. The van der Waals surface area contributed by atoms with Crippen LogP contribution < -0.4 is 5.73 Å². The second kappa shape index (κ2) is 2.20. The minimum Gasteiger partial charge on any atom is -0.324 e. The van der Waals surface area contributed by atoms with Gasteiger partial charge in [-0.15, -0.1) is 0 Å². The highest BCUT2D eigenvalue weighted by Crippen LogP contribution is 2.42. The van der Waals surface area contributed by atoms with Crippen LogP contribution in [0, 0.1) is 5.92 Å². The van der Waals surface area contributed by atoms with Crippen LogP contribution in [-0.2, 0) is 0 Å². The Labute approximate surface area is 68.7 Å². The number of hydrogen-bond acceptors (Lipinski definition) is 2. The molecule has 3 atom stereocenters. The van der Waals surface area contributed by atoms with Crippen LogP contribution in [-0.4, -0.2) is 30.1 Å². The second-order valence-electron chi connectivity index (χ2n) is 4.39. The lowest BCUT2D eigenvalue weighted by Gasteiger charge is -2.23. The van der Waals surface area contributed by atoms with Crippen LogP contribution in [0.3, 0.4) is 0 Å². The summed E-state index contributed by atoms with van der Waals surface area (Å²) in [6, 6.07) is 0.711. The molecule has 2 nitrogen and oxygen atoms in total. The quantitative estimate of drug-likeness (QED) is 0.559. The van der Waals surface area contributed by atoms with Crippen molar-refractivity contribution in [3.8, 4) is 0 Å². The van der Waals surface area contributed by atoms with E-state index < -0.39 is 0 Å². The molecular weight excluding hydrogens is 136 g/mol. The summed E-state index contributed by atoms with van der Waals surface area (Å²) in [6.07, 6.45) is 3.94. The summed E-state index contributed by atoms with van der Waals surface area (Å²) in [6.45, 7) is 3.42. The Kier molecular flexibility index (Phi) is 1.52. The molecule has 1 heterocycles. The van der Waals surface area contributed by atoms with Crippen molar-refractivity contribution in [1.29, 1.82) is 0 Å². The molecule has 0 bridgehead atoms. The molecule has 11 heavy (non-hydrogen) atoms. The van der Waals surface area contributed by atoms with E-state index in [9.17, 15) is 0 Å². The SMILES string of the molecule is C[C@@H]1[C@H]2CCC[C@@]2(N)CN1C. The summed E-state index contributed by atoms with van der Waals surface area (Å²) in [5.74, 6) is 0.771. The standard InChI is InChI=1S/C9H18N2/c1-7-8-4-3-5-9(8,10)6-11(7)2/h7-8H,3-6,10H2,1-2H3/t7-,8-,9-/m1/s1. The highest BCUT2D eigenvalue weighted by Gasteiger charge is 2.49. The van der Waals surface area contributed by atoms with E-state index in [0.29, 0.717) is 6.04 Å². The number of nitrogens with zero attached hydrogens (tertiary/aromatic N) is 1. The van der Waals surface area contributed by atoms with Gasteiger partial charge in [0, 0.05) is 18.1 Å². The van der Waals surface area contributed by atoms with Crippen LogP contribution in [0.25, 0.3) is 0 Å². The summed E-state index contributed by atoms with van der Waals surface area (Å²) in [5.41, 5.74) is 6.48. The lowest BCUT2D eigenvalue weighted by atomic mass is 9.88. The van der Waals surface area contributed by atoms with Crippen LogP contribution in [0.4, 0.5) is 0 Å². The van der Waals surface area contributed by atoms with Crippen molar-refractivity contribution in [1.82, 2.24) is 4.90 Å². The molecule has 2 fully saturated rings. The summed E-state index contributed by atoms with van der Waals surface area (Å²) in [4.78, 5) is 2.41. The molecule has 0 spiro atoms. The maximum Gasteiger partial charge on any atom is 0.0326 e. The molecule has 64 valence electrons. The van der Waals surface area contributed by atoms with Crippen LogP contribution in [0.1, 0.15) is 26.2 Å². The van der Waals surface area contributed by atoms with Gasteiger partial charge in [-0.2, -0.15) is 0 Å². The fourth-order valence-corrected chi connectivity index (χ4v) is 2.96. The second-order valence-corrected chi connectivity index (χ2v) is 4.39. The largest absolute Gasteiger partial charge is 0.324 e. The number of rotatable bonds is 0. The van der Waals surface area contributed by atoms with Gasteiger partial charge < -0.3 is 10.6 Å². The van der Waals surface area contributed by atoms with E-state index >= 15 is 0 Å². The summed E-state index contributed by atoms with van der Waals surface area (Å²) >= 11 is 0. The Bertz CT molecular complexity index is 169. The molecule has 1 aliphatic heterocycles. The van der Waals surface area contributed by atoms with Gasteiger partial charge in [0.05, 0.1) is 0 Å². The lowest BCUT2D eigenvalue weighted by molar-refractivity contribution is 0.287. The molecule has 0 aromatic rings. The molecular formula is C9H18N2. The molecule has 2 aliphatic rings. The molecule has 0 amide bonds. The monoisotopic (exact) mass is 154 g/mol. The first-order valence-corrected chi connectivity index (χ1v) is 4.63. The van der Waals surface area contributed by atoms with Gasteiger partial charge in [0.1, 0.15) is 0 Å². The van der Waals surface area contributed by atoms with Gasteiger partial charge in [0.15, 0.2) is 0 Å².